The van der Waals surface area contributed by atoms with E-state index in [1.807, 2.05) is 60.1 Å². The van der Waals surface area contributed by atoms with Crippen LogP contribution in [-0.4, -0.2) is 50.0 Å². The Morgan fingerprint density at radius 1 is 1.35 bits per heavy atom. The van der Waals surface area contributed by atoms with Crippen LogP contribution in [0.1, 0.15) is 60.3 Å². The molecule has 7 nitrogen and oxygen atoms in total. The number of nitrogens with one attached hydrogen (secondary N) is 1. The fourth-order valence-corrected chi connectivity index (χ4v) is 2.19. The molecular weight excluding hydrogens is 294 g/mol. The zero-order valence-electron chi connectivity index (χ0n) is 15.7. The molecule has 23 heavy (non-hydrogen) atoms. The lowest BCUT2D eigenvalue weighted by Crippen LogP contribution is -2.50. The number of ether oxygens (including phenoxy) is 1. The van der Waals surface area contributed by atoms with Crippen molar-refractivity contribution in [2.24, 2.45) is 7.05 Å². The summed E-state index contributed by atoms with van der Waals surface area (Å²) in [5.74, 6) is 0.865. The maximum Gasteiger partial charge on any atom is 0.410 e. The number of rotatable bonds is 5. The molecule has 0 saturated heterocycles. The van der Waals surface area contributed by atoms with Crippen LogP contribution in [0.5, 0.6) is 0 Å². The summed E-state index contributed by atoms with van der Waals surface area (Å²) in [5.41, 5.74) is -0.808. The first kappa shape index (κ1) is 19.4. The average Bonchev–Trinajstić information content (AvgIpc) is 2.76. The zero-order valence-corrected chi connectivity index (χ0v) is 15.7. The Hall–Kier alpha value is -1.63. The molecule has 7 heteroatoms. The van der Waals surface area contributed by atoms with Crippen molar-refractivity contribution in [1.29, 1.82) is 0 Å². The van der Waals surface area contributed by atoms with Crippen molar-refractivity contribution in [3.8, 4) is 0 Å². The topological polar surface area (TPSA) is 72.3 Å². The van der Waals surface area contributed by atoms with Gasteiger partial charge in [0.2, 0.25) is 0 Å². The van der Waals surface area contributed by atoms with Crippen molar-refractivity contribution in [2.45, 2.75) is 65.6 Å². The highest BCUT2D eigenvalue weighted by molar-refractivity contribution is 5.69. The van der Waals surface area contributed by atoms with E-state index < -0.39 is 5.60 Å². The van der Waals surface area contributed by atoms with Crippen LogP contribution in [0.4, 0.5) is 4.79 Å². The van der Waals surface area contributed by atoms with Gasteiger partial charge in [-0.1, -0.05) is 0 Å². The Balaban J connectivity index is 2.62. The number of aryl methyl sites for hydroxylation is 1. The third-order valence-electron chi connectivity index (χ3n) is 3.34. The first-order valence-electron chi connectivity index (χ1n) is 7.99. The van der Waals surface area contributed by atoms with E-state index in [0.717, 1.165) is 5.82 Å². The van der Waals surface area contributed by atoms with Crippen LogP contribution in [0.15, 0.2) is 6.33 Å². The van der Waals surface area contributed by atoms with Crippen molar-refractivity contribution in [3.05, 3.63) is 12.2 Å². The summed E-state index contributed by atoms with van der Waals surface area (Å²) in [6.07, 6.45) is 1.38. The molecule has 1 atom stereocenters. The summed E-state index contributed by atoms with van der Waals surface area (Å²) in [6, 6.07) is 0.0583. The van der Waals surface area contributed by atoms with Crippen LogP contribution < -0.4 is 5.32 Å². The Morgan fingerprint density at radius 3 is 2.39 bits per heavy atom. The Kier molecular flexibility index (Phi) is 6.16. The lowest BCUT2D eigenvalue weighted by atomic mass is 10.1. The van der Waals surface area contributed by atoms with Gasteiger partial charge in [-0.3, -0.25) is 0 Å². The Bertz CT molecular complexity index is 513. The second-order valence-electron chi connectivity index (χ2n) is 7.78. The van der Waals surface area contributed by atoms with E-state index in [1.165, 1.54) is 0 Å². The molecule has 0 aliphatic carbocycles. The Labute approximate surface area is 139 Å². The normalized spacial score (nSPS) is 13.7. The maximum atomic E-state index is 12.4. The SMILES string of the molecule is CC(NCCN(C(=O)OC(C)(C)C)C(C)(C)C)c1nncn1C. The molecule has 1 unspecified atom stereocenters. The number of carbonyl (C=O) groups excluding carboxylic acids is 1. The fourth-order valence-electron chi connectivity index (χ4n) is 2.19. The summed E-state index contributed by atoms with van der Waals surface area (Å²) in [5, 5.41) is 11.3. The molecule has 1 N–H and O–H groups in total. The maximum absolute atomic E-state index is 12.4. The van der Waals surface area contributed by atoms with E-state index in [-0.39, 0.29) is 17.7 Å². The predicted octanol–water partition coefficient (Wildman–Crippen LogP) is 2.50. The quantitative estimate of drug-likeness (QED) is 0.900. The first-order valence-corrected chi connectivity index (χ1v) is 7.99. The van der Waals surface area contributed by atoms with E-state index in [9.17, 15) is 4.79 Å². The minimum atomic E-state index is -0.500. The van der Waals surface area contributed by atoms with E-state index >= 15 is 0 Å². The molecule has 1 aromatic heterocycles. The zero-order chi connectivity index (χ0) is 17.8. The van der Waals surface area contributed by atoms with Gasteiger partial charge in [-0.2, -0.15) is 0 Å². The lowest BCUT2D eigenvalue weighted by molar-refractivity contribution is 0.00647. The van der Waals surface area contributed by atoms with E-state index in [1.54, 1.807) is 11.2 Å². The second kappa shape index (κ2) is 7.29. The lowest BCUT2D eigenvalue weighted by Gasteiger charge is -2.37. The summed E-state index contributed by atoms with van der Waals surface area (Å²) >= 11 is 0. The molecule has 132 valence electrons. The van der Waals surface area contributed by atoms with Gasteiger partial charge in [-0.15, -0.1) is 10.2 Å². The molecule has 0 saturated carbocycles. The molecule has 0 spiro atoms. The summed E-state index contributed by atoms with van der Waals surface area (Å²) in [7, 11) is 1.91. The van der Waals surface area contributed by atoms with Gasteiger partial charge < -0.3 is 19.5 Å². The number of hydrogen-bond acceptors (Lipinski definition) is 5. The molecule has 1 amide bonds. The summed E-state index contributed by atoms with van der Waals surface area (Å²) in [4.78, 5) is 14.2. The van der Waals surface area contributed by atoms with Gasteiger partial charge in [-0.05, 0) is 48.5 Å². The van der Waals surface area contributed by atoms with Crippen LogP contribution in [0.2, 0.25) is 0 Å². The number of amides is 1. The van der Waals surface area contributed by atoms with Crippen LogP contribution in [0.25, 0.3) is 0 Å². The van der Waals surface area contributed by atoms with Crippen molar-refractivity contribution in [3.63, 3.8) is 0 Å². The van der Waals surface area contributed by atoms with Gasteiger partial charge >= 0.3 is 6.09 Å². The molecular formula is C16H31N5O2. The van der Waals surface area contributed by atoms with Gasteiger partial charge in [0, 0.05) is 25.7 Å². The highest BCUT2D eigenvalue weighted by Gasteiger charge is 2.30. The molecule has 0 bridgehead atoms. The van der Waals surface area contributed by atoms with Crippen molar-refractivity contribution >= 4 is 6.09 Å². The van der Waals surface area contributed by atoms with E-state index in [2.05, 4.69) is 15.5 Å². The van der Waals surface area contributed by atoms with Crippen LogP contribution in [-0.2, 0) is 11.8 Å². The minimum Gasteiger partial charge on any atom is -0.444 e. The first-order chi connectivity index (χ1) is 10.4. The molecule has 0 aliphatic heterocycles. The monoisotopic (exact) mass is 325 g/mol. The largest absolute Gasteiger partial charge is 0.444 e. The predicted molar refractivity (Wildman–Crippen MR) is 90.1 cm³/mol. The number of aromatic nitrogens is 3. The third-order valence-corrected chi connectivity index (χ3v) is 3.34. The molecule has 1 rings (SSSR count). The van der Waals surface area contributed by atoms with Crippen LogP contribution in [0, 0.1) is 0 Å². The molecule has 0 aliphatic rings. The third kappa shape index (κ3) is 6.17. The van der Waals surface area contributed by atoms with Gasteiger partial charge in [-0.25, -0.2) is 4.79 Å². The van der Waals surface area contributed by atoms with Gasteiger partial charge in [0.25, 0.3) is 0 Å². The Morgan fingerprint density at radius 2 is 1.96 bits per heavy atom. The fraction of sp³-hybridized carbons (Fsp3) is 0.812. The highest BCUT2D eigenvalue weighted by atomic mass is 16.6. The number of carbonyl (C=O) groups is 1. The molecule has 0 aromatic carbocycles. The number of hydrogen-bond donors (Lipinski definition) is 1. The molecule has 0 fully saturated rings. The van der Waals surface area contributed by atoms with Crippen molar-refractivity contribution in [2.75, 3.05) is 13.1 Å². The smallest absolute Gasteiger partial charge is 0.410 e. The average molecular weight is 325 g/mol. The minimum absolute atomic E-state index is 0.0583. The van der Waals surface area contributed by atoms with Gasteiger partial charge in [0.05, 0.1) is 6.04 Å². The van der Waals surface area contributed by atoms with Crippen molar-refractivity contribution in [1.82, 2.24) is 25.0 Å². The molecule has 1 heterocycles. The summed E-state index contributed by atoms with van der Waals surface area (Å²) in [6.45, 7) is 14.9. The second-order valence-corrected chi connectivity index (χ2v) is 7.78. The molecule has 0 radical (unpaired) electrons. The number of nitrogens with zero attached hydrogens (tertiary/aromatic N) is 4. The van der Waals surface area contributed by atoms with E-state index in [4.69, 9.17) is 4.74 Å². The van der Waals surface area contributed by atoms with Crippen LogP contribution in [0.3, 0.4) is 0 Å². The van der Waals surface area contributed by atoms with E-state index in [0.29, 0.717) is 13.1 Å². The highest BCUT2D eigenvalue weighted by Crippen LogP contribution is 2.18. The summed E-state index contributed by atoms with van der Waals surface area (Å²) < 4.78 is 7.39. The van der Waals surface area contributed by atoms with Gasteiger partial charge in [0.1, 0.15) is 17.8 Å². The van der Waals surface area contributed by atoms with Crippen molar-refractivity contribution < 1.29 is 9.53 Å². The van der Waals surface area contributed by atoms with Gasteiger partial charge in [0.15, 0.2) is 0 Å². The van der Waals surface area contributed by atoms with Crippen LogP contribution >= 0.6 is 0 Å². The molecule has 1 aromatic rings. The standard InChI is InChI=1S/C16H31N5O2/c1-12(13-19-18-11-20(13)8)17-9-10-21(15(2,3)4)14(22)23-16(5,6)7/h11-12,17H,9-10H2,1-8H3.